The second-order valence-corrected chi connectivity index (χ2v) is 7.87. The maximum atomic E-state index is 6.08. The molecule has 2 heterocycles. The number of hydrogen-bond donors (Lipinski definition) is 1. The third-order valence-corrected chi connectivity index (χ3v) is 5.79. The van der Waals surface area contributed by atoms with Gasteiger partial charge in [0.2, 0.25) is 0 Å². The number of thiazole rings is 1. The first-order chi connectivity index (χ1) is 13.2. The minimum Gasteiger partial charge on any atom is -0.490 e. The van der Waals surface area contributed by atoms with Crippen LogP contribution in [0, 0.1) is 6.92 Å². The van der Waals surface area contributed by atoms with E-state index in [4.69, 9.17) is 4.74 Å². The van der Waals surface area contributed by atoms with Crippen molar-refractivity contribution in [1.82, 2.24) is 15.2 Å². The van der Waals surface area contributed by atoms with Gasteiger partial charge >= 0.3 is 0 Å². The topological polar surface area (TPSA) is 49.8 Å². The van der Waals surface area contributed by atoms with Crippen LogP contribution in [0.5, 0.6) is 5.75 Å². The van der Waals surface area contributed by atoms with Gasteiger partial charge in [0.25, 0.3) is 0 Å². The van der Waals surface area contributed by atoms with Crippen LogP contribution in [0.4, 0.5) is 0 Å². The van der Waals surface area contributed by atoms with Crippen molar-refractivity contribution < 1.29 is 4.74 Å². The fraction of sp³-hybridized carbons (Fsp3) is 0.524. The van der Waals surface area contributed by atoms with Gasteiger partial charge in [0.05, 0.1) is 5.01 Å². The summed E-state index contributed by atoms with van der Waals surface area (Å²) in [4.78, 5) is 11.3. The largest absolute Gasteiger partial charge is 0.490 e. The standard InChI is InChI=1S/C21H30N4OS.HI/c1-17-16-27-20(24-17)10-6-7-13-23-21(22-2)25-14-11-19(12-15-25)26-18-8-4-3-5-9-18;/h3-5,8-9,16,19H,6-7,10-15H2,1-2H3,(H,22,23);1H. The molecule has 0 atom stereocenters. The van der Waals surface area contributed by atoms with E-state index in [2.05, 4.69) is 32.5 Å². The molecule has 1 aliphatic rings. The molecule has 7 heteroatoms. The van der Waals surface area contributed by atoms with E-state index in [9.17, 15) is 0 Å². The highest BCUT2D eigenvalue weighted by atomic mass is 127. The molecular weight excluding hydrogens is 483 g/mol. The molecule has 154 valence electrons. The molecule has 0 bridgehead atoms. The molecule has 3 rings (SSSR count). The molecule has 1 aromatic heterocycles. The summed E-state index contributed by atoms with van der Waals surface area (Å²) in [6.07, 6.45) is 5.71. The van der Waals surface area contributed by atoms with Gasteiger partial charge < -0.3 is 15.0 Å². The first-order valence-electron chi connectivity index (χ1n) is 9.83. The summed E-state index contributed by atoms with van der Waals surface area (Å²) >= 11 is 1.77. The van der Waals surface area contributed by atoms with Gasteiger partial charge in [-0.25, -0.2) is 4.98 Å². The Balaban J connectivity index is 0.00000280. The van der Waals surface area contributed by atoms with Crippen LogP contribution in [0.3, 0.4) is 0 Å². The average molecular weight is 514 g/mol. The SMILES string of the molecule is CN=C(NCCCCc1nc(C)cs1)N1CCC(Oc2ccccc2)CC1.I. The van der Waals surface area contributed by atoms with Gasteiger partial charge in [-0.05, 0) is 38.3 Å². The fourth-order valence-electron chi connectivity index (χ4n) is 3.33. The number of para-hydroxylation sites is 1. The van der Waals surface area contributed by atoms with Crippen LogP contribution in [-0.4, -0.2) is 48.6 Å². The lowest BCUT2D eigenvalue weighted by molar-refractivity contribution is 0.129. The van der Waals surface area contributed by atoms with E-state index in [0.29, 0.717) is 6.10 Å². The van der Waals surface area contributed by atoms with Crippen LogP contribution >= 0.6 is 35.3 Å². The number of nitrogens with one attached hydrogen (secondary N) is 1. The number of unbranched alkanes of at least 4 members (excludes halogenated alkanes) is 1. The van der Waals surface area contributed by atoms with Crippen LogP contribution in [0.15, 0.2) is 40.7 Å². The van der Waals surface area contributed by atoms with E-state index in [1.165, 1.54) is 5.01 Å². The molecular formula is C21H31IN4OS. The number of aromatic nitrogens is 1. The molecule has 1 aliphatic heterocycles. The third kappa shape index (κ3) is 7.24. The van der Waals surface area contributed by atoms with Crippen molar-refractivity contribution in [3.63, 3.8) is 0 Å². The van der Waals surface area contributed by atoms with Crippen molar-refractivity contribution in [2.45, 2.75) is 45.1 Å². The predicted molar refractivity (Wildman–Crippen MR) is 128 cm³/mol. The highest BCUT2D eigenvalue weighted by Gasteiger charge is 2.22. The number of aliphatic imine (C=N–C) groups is 1. The number of nitrogens with zero attached hydrogens (tertiary/aromatic N) is 3. The number of benzene rings is 1. The summed E-state index contributed by atoms with van der Waals surface area (Å²) in [6, 6.07) is 10.1. The highest BCUT2D eigenvalue weighted by molar-refractivity contribution is 14.0. The van der Waals surface area contributed by atoms with Crippen molar-refractivity contribution >= 4 is 41.3 Å². The Hall–Kier alpha value is -1.35. The lowest BCUT2D eigenvalue weighted by atomic mass is 10.1. The molecule has 0 unspecified atom stereocenters. The Labute approximate surface area is 189 Å². The van der Waals surface area contributed by atoms with Crippen molar-refractivity contribution in [1.29, 1.82) is 0 Å². The number of hydrogen-bond acceptors (Lipinski definition) is 4. The van der Waals surface area contributed by atoms with Gasteiger partial charge in [0.15, 0.2) is 5.96 Å². The molecule has 1 N–H and O–H groups in total. The normalized spacial score (nSPS) is 15.2. The van der Waals surface area contributed by atoms with Crippen LogP contribution < -0.4 is 10.1 Å². The number of likely N-dealkylation sites (tertiary alicyclic amines) is 1. The van der Waals surface area contributed by atoms with E-state index in [1.54, 1.807) is 11.3 Å². The minimum absolute atomic E-state index is 0. The highest BCUT2D eigenvalue weighted by Crippen LogP contribution is 2.18. The molecule has 0 saturated carbocycles. The average Bonchev–Trinajstić information content (AvgIpc) is 3.11. The van der Waals surface area contributed by atoms with E-state index in [-0.39, 0.29) is 24.0 Å². The molecule has 1 aromatic carbocycles. The monoisotopic (exact) mass is 514 g/mol. The van der Waals surface area contributed by atoms with E-state index >= 15 is 0 Å². The maximum absolute atomic E-state index is 6.08. The van der Waals surface area contributed by atoms with Crippen LogP contribution in [0.2, 0.25) is 0 Å². The molecule has 28 heavy (non-hydrogen) atoms. The van der Waals surface area contributed by atoms with Crippen molar-refractivity contribution in [2.75, 3.05) is 26.7 Å². The summed E-state index contributed by atoms with van der Waals surface area (Å²) in [5.74, 6) is 1.98. The second kappa shape index (κ2) is 12.3. The smallest absolute Gasteiger partial charge is 0.193 e. The summed E-state index contributed by atoms with van der Waals surface area (Å²) in [6.45, 7) is 4.97. The van der Waals surface area contributed by atoms with Gasteiger partial charge in [0.1, 0.15) is 11.9 Å². The van der Waals surface area contributed by atoms with Crippen molar-refractivity contribution in [3.8, 4) is 5.75 Å². The molecule has 1 saturated heterocycles. The fourth-order valence-corrected chi connectivity index (χ4v) is 4.15. The number of rotatable bonds is 7. The maximum Gasteiger partial charge on any atom is 0.193 e. The lowest BCUT2D eigenvalue weighted by Crippen LogP contribution is -2.47. The Bertz CT molecular complexity index is 714. The number of halogens is 1. The Morgan fingerprint density at radius 3 is 2.64 bits per heavy atom. The van der Waals surface area contributed by atoms with Gasteiger partial charge in [0, 0.05) is 50.6 Å². The number of piperidine rings is 1. The summed E-state index contributed by atoms with van der Waals surface area (Å²) < 4.78 is 6.08. The first-order valence-corrected chi connectivity index (χ1v) is 10.7. The molecule has 0 aliphatic carbocycles. The molecule has 0 radical (unpaired) electrons. The molecule has 1 fully saturated rings. The Morgan fingerprint density at radius 2 is 2.00 bits per heavy atom. The van der Waals surface area contributed by atoms with Crippen molar-refractivity contribution in [3.05, 3.63) is 46.4 Å². The molecule has 0 spiro atoms. The Morgan fingerprint density at radius 1 is 1.25 bits per heavy atom. The Kier molecular flexibility index (Phi) is 10.0. The zero-order chi connectivity index (χ0) is 18.9. The van der Waals surface area contributed by atoms with Crippen LogP contribution in [0.1, 0.15) is 36.4 Å². The van der Waals surface area contributed by atoms with Crippen molar-refractivity contribution in [2.24, 2.45) is 4.99 Å². The van der Waals surface area contributed by atoms with E-state index in [1.807, 2.05) is 37.4 Å². The van der Waals surface area contributed by atoms with E-state index < -0.39 is 0 Å². The minimum atomic E-state index is 0. The summed E-state index contributed by atoms with van der Waals surface area (Å²) in [5, 5.41) is 6.89. The number of guanidine groups is 1. The van der Waals surface area contributed by atoms with E-state index in [0.717, 1.165) is 69.1 Å². The molecule has 0 amide bonds. The van der Waals surface area contributed by atoms with Gasteiger partial charge in [-0.3, -0.25) is 4.99 Å². The second-order valence-electron chi connectivity index (χ2n) is 6.93. The molecule has 5 nitrogen and oxygen atoms in total. The lowest BCUT2D eigenvalue weighted by Gasteiger charge is -2.34. The quantitative estimate of drug-likeness (QED) is 0.256. The number of ether oxygens (including phenoxy) is 1. The summed E-state index contributed by atoms with van der Waals surface area (Å²) in [5.41, 5.74) is 1.13. The van der Waals surface area contributed by atoms with Crippen LogP contribution in [-0.2, 0) is 6.42 Å². The zero-order valence-corrected chi connectivity index (χ0v) is 19.9. The predicted octanol–water partition coefficient (Wildman–Crippen LogP) is 4.51. The third-order valence-electron chi connectivity index (χ3n) is 4.77. The number of aryl methyl sites for hydroxylation is 2. The zero-order valence-electron chi connectivity index (χ0n) is 16.8. The molecule has 2 aromatic rings. The first kappa shape index (κ1) is 22.9. The van der Waals surface area contributed by atoms with Gasteiger partial charge in [-0.1, -0.05) is 18.2 Å². The van der Waals surface area contributed by atoms with Crippen LogP contribution in [0.25, 0.3) is 0 Å². The van der Waals surface area contributed by atoms with Gasteiger partial charge in [-0.2, -0.15) is 0 Å². The summed E-state index contributed by atoms with van der Waals surface area (Å²) in [7, 11) is 1.87. The van der Waals surface area contributed by atoms with Gasteiger partial charge in [-0.15, -0.1) is 35.3 Å².